The zero-order valence-corrected chi connectivity index (χ0v) is 31.4. The van der Waals surface area contributed by atoms with Crippen LogP contribution in [0.15, 0.2) is 77.8 Å². The molecule has 0 bridgehead atoms. The number of benzene rings is 3. The lowest BCUT2D eigenvalue weighted by atomic mass is 10.0. The van der Waals surface area contributed by atoms with E-state index in [0.29, 0.717) is 38.8 Å². The third kappa shape index (κ3) is 13.3. The molecular formula is C40H53N5O7. The number of ether oxygens (including phenoxy) is 3. The Bertz CT molecular complexity index is 1680. The van der Waals surface area contributed by atoms with Gasteiger partial charge in [-0.1, -0.05) is 66.7 Å². The second-order valence-corrected chi connectivity index (χ2v) is 15.1. The molecule has 1 heterocycles. The third-order valence-electron chi connectivity index (χ3n) is 8.12. The highest BCUT2D eigenvalue weighted by Crippen LogP contribution is 2.27. The van der Waals surface area contributed by atoms with E-state index < -0.39 is 29.4 Å². The molecular weight excluding hydrogens is 662 g/mol. The van der Waals surface area contributed by atoms with Crippen molar-refractivity contribution in [2.45, 2.75) is 110 Å². The summed E-state index contributed by atoms with van der Waals surface area (Å²) in [6.45, 7) is 12.8. The van der Waals surface area contributed by atoms with E-state index in [-0.39, 0.29) is 36.5 Å². The highest BCUT2D eigenvalue weighted by Gasteiger charge is 2.38. The standard InChI is InChI=1S/C40H53N5O7/c1-27(46)42-34(23-28-14-9-8-10-15-28)35(47)45-25-33(50-26-29-19-20-30-16-11-12-17-31(30)22-29)24-32(45)18-13-21-41-36(43-37(48)51-39(2,3)4)44-38(49)52-40(5,6)7/h8-12,14-17,19-20,22,32-34H,13,18,21,23-26H2,1-7H3,(H,42,46)(H2,41,43,44,48,49)/t32-,33+,34+/m0/s1. The van der Waals surface area contributed by atoms with Crippen molar-refractivity contribution in [2.75, 3.05) is 13.1 Å². The van der Waals surface area contributed by atoms with Gasteiger partial charge in [0.2, 0.25) is 17.8 Å². The summed E-state index contributed by atoms with van der Waals surface area (Å²) in [4.78, 5) is 57.8. The zero-order chi connectivity index (χ0) is 37.9. The predicted octanol–water partition coefficient (Wildman–Crippen LogP) is 6.26. The first kappa shape index (κ1) is 39.8. The Morgan fingerprint density at radius 2 is 1.44 bits per heavy atom. The molecule has 12 nitrogen and oxygen atoms in total. The van der Waals surface area contributed by atoms with Crippen LogP contribution in [0, 0.1) is 0 Å². The van der Waals surface area contributed by atoms with E-state index in [1.165, 1.54) is 6.92 Å². The maximum absolute atomic E-state index is 14.2. The summed E-state index contributed by atoms with van der Waals surface area (Å²) in [6.07, 6.45) is 0.260. The maximum Gasteiger partial charge on any atom is 0.414 e. The Morgan fingerprint density at radius 1 is 0.827 bits per heavy atom. The van der Waals surface area contributed by atoms with Gasteiger partial charge in [-0.05, 0) is 88.8 Å². The minimum atomic E-state index is -0.774. The lowest BCUT2D eigenvalue weighted by Gasteiger charge is -2.29. The first-order valence-electron chi connectivity index (χ1n) is 17.8. The van der Waals surface area contributed by atoms with E-state index in [4.69, 9.17) is 14.2 Å². The van der Waals surface area contributed by atoms with Crippen LogP contribution in [-0.4, -0.2) is 77.3 Å². The van der Waals surface area contributed by atoms with Gasteiger partial charge in [0.05, 0.1) is 12.7 Å². The highest BCUT2D eigenvalue weighted by atomic mass is 16.6. The molecule has 1 aliphatic rings. The second kappa shape index (κ2) is 18.0. The molecule has 12 heteroatoms. The van der Waals surface area contributed by atoms with Crippen LogP contribution >= 0.6 is 0 Å². The largest absolute Gasteiger partial charge is 0.444 e. The Morgan fingerprint density at radius 3 is 2.06 bits per heavy atom. The fraction of sp³-hybridized carbons (Fsp3) is 0.475. The first-order chi connectivity index (χ1) is 24.5. The molecule has 3 N–H and O–H groups in total. The number of hydrogen-bond donors (Lipinski definition) is 3. The van der Waals surface area contributed by atoms with Gasteiger partial charge < -0.3 is 24.4 Å². The van der Waals surface area contributed by atoms with Crippen LogP contribution in [0.3, 0.4) is 0 Å². The van der Waals surface area contributed by atoms with E-state index in [1.807, 2.05) is 47.4 Å². The zero-order valence-electron chi connectivity index (χ0n) is 31.4. The van der Waals surface area contributed by atoms with Gasteiger partial charge in [0, 0.05) is 32.5 Å². The van der Waals surface area contributed by atoms with Gasteiger partial charge in [-0.2, -0.15) is 0 Å². The fourth-order valence-corrected chi connectivity index (χ4v) is 6.00. The molecule has 1 fully saturated rings. The predicted molar refractivity (Wildman–Crippen MR) is 201 cm³/mol. The number of alkyl carbamates (subject to hydrolysis) is 2. The topological polar surface area (TPSA) is 148 Å². The smallest absolute Gasteiger partial charge is 0.414 e. The Kier molecular flexibility index (Phi) is 13.8. The molecule has 0 saturated carbocycles. The summed E-state index contributed by atoms with van der Waals surface area (Å²) >= 11 is 0. The highest BCUT2D eigenvalue weighted by molar-refractivity contribution is 6.01. The van der Waals surface area contributed by atoms with Crippen LogP contribution in [0.4, 0.5) is 9.59 Å². The van der Waals surface area contributed by atoms with Gasteiger partial charge in [0.25, 0.3) is 0 Å². The summed E-state index contributed by atoms with van der Waals surface area (Å²) in [5, 5.41) is 10.2. The van der Waals surface area contributed by atoms with Crippen LogP contribution in [0.5, 0.6) is 0 Å². The number of amides is 4. The van der Waals surface area contributed by atoms with Gasteiger partial charge in [-0.3, -0.25) is 25.2 Å². The summed E-state index contributed by atoms with van der Waals surface area (Å²) < 4.78 is 17.1. The minimum Gasteiger partial charge on any atom is -0.444 e. The molecule has 0 aliphatic carbocycles. The van der Waals surface area contributed by atoms with E-state index in [1.54, 1.807) is 41.5 Å². The molecule has 3 aromatic rings. The molecule has 3 aromatic carbocycles. The molecule has 4 rings (SSSR count). The van der Waals surface area contributed by atoms with E-state index in [2.05, 4.69) is 51.3 Å². The fourth-order valence-electron chi connectivity index (χ4n) is 6.00. The van der Waals surface area contributed by atoms with Crippen LogP contribution in [0.25, 0.3) is 10.8 Å². The van der Waals surface area contributed by atoms with Gasteiger partial charge in [-0.25, -0.2) is 9.59 Å². The number of nitrogens with zero attached hydrogens (tertiary/aromatic N) is 2. The van der Waals surface area contributed by atoms with Crippen molar-refractivity contribution < 1.29 is 33.4 Å². The van der Waals surface area contributed by atoms with Crippen LogP contribution < -0.4 is 16.0 Å². The number of guanidine groups is 1. The minimum absolute atomic E-state index is 0.104. The monoisotopic (exact) mass is 715 g/mol. The normalized spacial score (nSPS) is 16.5. The molecule has 4 amide bonds. The van der Waals surface area contributed by atoms with Crippen LogP contribution in [0.2, 0.25) is 0 Å². The van der Waals surface area contributed by atoms with Crippen molar-refractivity contribution >= 4 is 40.7 Å². The van der Waals surface area contributed by atoms with E-state index in [0.717, 1.165) is 21.9 Å². The summed E-state index contributed by atoms with van der Waals surface area (Å²) in [5.74, 6) is -0.567. The summed E-state index contributed by atoms with van der Waals surface area (Å²) in [6, 6.07) is 23.0. The number of rotatable bonds is 11. The molecule has 0 spiro atoms. The van der Waals surface area contributed by atoms with Crippen molar-refractivity contribution in [3.63, 3.8) is 0 Å². The molecule has 0 aromatic heterocycles. The van der Waals surface area contributed by atoms with Crippen molar-refractivity contribution in [3.05, 3.63) is 83.9 Å². The number of aliphatic imine (C=N–C) groups is 1. The third-order valence-corrected chi connectivity index (χ3v) is 8.12. The first-order valence-corrected chi connectivity index (χ1v) is 17.8. The number of fused-ring (bicyclic) bond motifs is 1. The molecule has 3 atom stereocenters. The number of hydrogen-bond acceptors (Lipinski definition) is 8. The van der Waals surface area contributed by atoms with E-state index in [9.17, 15) is 19.2 Å². The molecule has 0 unspecified atom stereocenters. The molecule has 1 aliphatic heterocycles. The number of carbonyl (C=O) groups is 4. The van der Waals surface area contributed by atoms with Gasteiger partial charge in [0.15, 0.2) is 0 Å². The molecule has 0 radical (unpaired) electrons. The Hall–Kier alpha value is -4.97. The molecule has 1 saturated heterocycles. The Balaban J connectivity index is 1.48. The molecule has 280 valence electrons. The number of nitrogens with one attached hydrogen (secondary N) is 3. The van der Waals surface area contributed by atoms with E-state index >= 15 is 0 Å². The van der Waals surface area contributed by atoms with Gasteiger partial charge in [0.1, 0.15) is 17.2 Å². The van der Waals surface area contributed by atoms with Crippen LogP contribution in [-0.2, 0) is 36.8 Å². The molecule has 52 heavy (non-hydrogen) atoms. The summed E-state index contributed by atoms with van der Waals surface area (Å²) in [5.41, 5.74) is 0.452. The van der Waals surface area contributed by atoms with Crippen molar-refractivity contribution in [3.8, 4) is 0 Å². The number of likely N-dealkylation sites (tertiary alicyclic amines) is 1. The average Bonchev–Trinajstić information content (AvgIpc) is 3.46. The lowest BCUT2D eigenvalue weighted by molar-refractivity contribution is -0.137. The lowest BCUT2D eigenvalue weighted by Crippen LogP contribution is -2.51. The van der Waals surface area contributed by atoms with Gasteiger partial charge >= 0.3 is 12.2 Å². The van der Waals surface area contributed by atoms with Gasteiger partial charge in [-0.15, -0.1) is 0 Å². The quantitative estimate of drug-likeness (QED) is 0.121. The van der Waals surface area contributed by atoms with Crippen molar-refractivity contribution in [1.82, 2.24) is 20.9 Å². The Labute approximate surface area is 306 Å². The van der Waals surface area contributed by atoms with Crippen molar-refractivity contribution in [2.24, 2.45) is 4.99 Å². The van der Waals surface area contributed by atoms with Crippen molar-refractivity contribution in [1.29, 1.82) is 0 Å². The maximum atomic E-state index is 14.2. The summed E-state index contributed by atoms with van der Waals surface area (Å²) in [7, 11) is 0. The average molecular weight is 716 g/mol. The second-order valence-electron chi connectivity index (χ2n) is 15.1. The number of carbonyl (C=O) groups excluding carboxylic acids is 4. The van der Waals surface area contributed by atoms with Crippen LogP contribution in [0.1, 0.15) is 78.9 Å². The SMILES string of the molecule is CC(=O)N[C@H](Cc1ccccc1)C(=O)N1C[C@H](OCc2ccc3ccccc3c2)C[C@@H]1CCCN=C(NC(=O)OC(C)(C)C)NC(=O)OC(C)(C)C.